The molecule has 2 N–H and O–H groups in total. The minimum atomic E-state index is -0.241. The van der Waals surface area contributed by atoms with Gasteiger partial charge < -0.3 is 20.3 Å². The van der Waals surface area contributed by atoms with Gasteiger partial charge in [0.25, 0.3) is 0 Å². The Morgan fingerprint density at radius 3 is 2.75 bits per heavy atom. The van der Waals surface area contributed by atoms with Gasteiger partial charge in [-0.2, -0.15) is 0 Å². The summed E-state index contributed by atoms with van der Waals surface area (Å²) in [7, 11) is 3.33. The van der Waals surface area contributed by atoms with Gasteiger partial charge in [-0.25, -0.2) is 4.39 Å². The molecule has 2 aromatic carbocycles. The maximum Gasteiger partial charge on any atom is 0.191 e. The number of ether oxygens (including phenoxy) is 1. The number of rotatable bonds is 6. The SMILES string of the molecule is CN=C(NCc1ccc(F)c(COC)c1)NC1CCN(c2ccccc2)C1.I. The van der Waals surface area contributed by atoms with Gasteiger partial charge in [0.05, 0.1) is 6.61 Å². The van der Waals surface area contributed by atoms with E-state index in [1.807, 2.05) is 12.1 Å². The van der Waals surface area contributed by atoms with E-state index >= 15 is 0 Å². The zero-order valence-corrected chi connectivity index (χ0v) is 18.7. The van der Waals surface area contributed by atoms with Gasteiger partial charge in [0.2, 0.25) is 0 Å². The van der Waals surface area contributed by atoms with E-state index in [2.05, 4.69) is 44.8 Å². The van der Waals surface area contributed by atoms with Crippen molar-refractivity contribution in [1.82, 2.24) is 10.6 Å². The summed E-state index contributed by atoms with van der Waals surface area (Å²) in [5.41, 5.74) is 2.81. The Morgan fingerprint density at radius 1 is 1.25 bits per heavy atom. The lowest BCUT2D eigenvalue weighted by Gasteiger charge is -2.20. The van der Waals surface area contributed by atoms with Crippen LogP contribution in [0.3, 0.4) is 0 Å². The van der Waals surface area contributed by atoms with Crippen LogP contribution in [0.5, 0.6) is 0 Å². The molecule has 0 aromatic heterocycles. The van der Waals surface area contributed by atoms with Crippen LogP contribution in [0.2, 0.25) is 0 Å². The van der Waals surface area contributed by atoms with Gasteiger partial charge in [-0.3, -0.25) is 4.99 Å². The van der Waals surface area contributed by atoms with E-state index < -0.39 is 0 Å². The standard InChI is InChI=1S/C21H27FN4O.HI/c1-23-21(24-13-16-8-9-20(22)17(12-16)15-27-2)25-18-10-11-26(14-18)19-6-4-3-5-7-19;/h3-9,12,18H,10-11,13-15H2,1-2H3,(H2,23,24,25);1H. The highest BCUT2D eigenvalue weighted by molar-refractivity contribution is 14.0. The van der Waals surface area contributed by atoms with Crippen molar-refractivity contribution in [2.45, 2.75) is 25.6 Å². The molecule has 1 saturated heterocycles. The summed E-state index contributed by atoms with van der Waals surface area (Å²) in [6, 6.07) is 15.9. The van der Waals surface area contributed by atoms with Crippen molar-refractivity contribution in [1.29, 1.82) is 0 Å². The summed E-state index contributed by atoms with van der Waals surface area (Å²) < 4.78 is 18.8. The third-order valence-electron chi connectivity index (χ3n) is 4.74. The number of hydrogen-bond donors (Lipinski definition) is 2. The summed E-state index contributed by atoms with van der Waals surface area (Å²) in [5.74, 6) is 0.516. The van der Waals surface area contributed by atoms with E-state index in [1.54, 1.807) is 20.2 Å². The second kappa shape index (κ2) is 11.2. The van der Waals surface area contributed by atoms with Crippen molar-refractivity contribution >= 4 is 35.6 Å². The van der Waals surface area contributed by atoms with E-state index in [-0.39, 0.29) is 36.4 Å². The Hall–Kier alpha value is -1.87. The summed E-state index contributed by atoms with van der Waals surface area (Å²) in [6.45, 7) is 2.81. The minimum Gasteiger partial charge on any atom is -0.380 e. The minimum absolute atomic E-state index is 0. The van der Waals surface area contributed by atoms with Crippen LogP contribution in [0.1, 0.15) is 17.5 Å². The normalized spacial score (nSPS) is 16.6. The van der Waals surface area contributed by atoms with Gasteiger partial charge >= 0.3 is 0 Å². The fourth-order valence-corrected chi connectivity index (χ4v) is 3.33. The van der Waals surface area contributed by atoms with Crippen LogP contribution < -0.4 is 15.5 Å². The number of nitrogens with zero attached hydrogens (tertiary/aromatic N) is 2. The first-order valence-electron chi connectivity index (χ1n) is 9.23. The van der Waals surface area contributed by atoms with E-state index in [9.17, 15) is 4.39 Å². The van der Waals surface area contributed by atoms with Gasteiger partial charge in [0.15, 0.2) is 5.96 Å². The van der Waals surface area contributed by atoms with Crippen LogP contribution >= 0.6 is 24.0 Å². The fourth-order valence-electron chi connectivity index (χ4n) is 3.33. The predicted octanol–water partition coefficient (Wildman–Crippen LogP) is 3.53. The lowest BCUT2D eigenvalue weighted by atomic mass is 10.1. The van der Waals surface area contributed by atoms with Crippen LogP contribution in [0, 0.1) is 5.82 Å². The van der Waals surface area contributed by atoms with Crippen molar-refractivity contribution < 1.29 is 9.13 Å². The van der Waals surface area contributed by atoms with E-state index in [4.69, 9.17) is 4.74 Å². The fraction of sp³-hybridized carbons (Fsp3) is 0.381. The molecule has 0 saturated carbocycles. The molecule has 1 fully saturated rings. The van der Waals surface area contributed by atoms with Gasteiger partial charge in [-0.05, 0) is 36.2 Å². The van der Waals surface area contributed by atoms with Crippen LogP contribution in [0.15, 0.2) is 53.5 Å². The van der Waals surface area contributed by atoms with Crippen molar-refractivity contribution in [3.05, 3.63) is 65.5 Å². The number of guanidine groups is 1. The Kier molecular flexibility index (Phi) is 8.98. The molecule has 5 nitrogen and oxygen atoms in total. The molecular weight excluding hydrogens is 470 g/mol. The molecule has 0 amide bonds. The maximum atomic E-state index is 13.7. The second-order valence-electron chi connectivity index (χ2n) is 6.70. The number of methoxy groups -OCH3 is 1. The molecular formula is C21H28FIN4O. The quantitative estimate of drug-likeness (QED) is 0.364. The average Bonchev–Trinajstić information content (AvgIpc) is 3.17. The molecule has 0 spiro atoms. The van der Waals surface area contributed by atoms with Crippen molar-refractivity contribution in [3.8, 4) is 0 Å². The third kappa shape index (κ3) is 6.07. The van der Waals surface area contributed by atoms with Gasteiger partial charge in [-0.1, -0.05) is 24.3 Å². The zero-order chi connectivity index (χ0) is 19.1. The van der Waals surface area contributed by atoms with Crippen LogP contribution in [-0.2, 0) is 17.9 Å². The molecule has 0 aliphatic carbocycles. The zero-order valence-electron chi connectivity index (χ0n) is 16.3. The molecule has 1 aliphatic heterocycles. The lowest BCUT2D eigenvalue weighted by Crippen LogP contribution is -2.44. The molecule has 2 aromatic rings. The Labute approximate surface area is 183 Å². The molecule has 0 bridgehead atoms. The van der Waals surface area contributed by atoms with Crippen LogP contribution in [0.25, 0.3) is 0 Å². The molecule has 1 atom stereocenters. The molecule has 152 valence electrons. The molecule has 1 unspecified atom stereocenters. The number of nitrogens with one attached hydrogen (secondary N) is 2. The first-order chi connectivity index (χ1) is 13.2. The number of hydrogen-bond acceptors (Lipinski definition) is 3. The van der Waals surface area contributed by atoms with Gasteiger partial charge in [0.1, 0.15) is 5.82 Å². The average molecular weight is 498 g/mol. The lowest BCUT2D eigenvalue weighted by molar-refractivity contribution is 0.181. The number of aliphatic imine (C=N–C) groups is 1. The molecule has 28 heavy (non-hydrogen) atoms. The molecule has 7 heteroatoms. The Morgan fingerprint density at radius 2 is 2.04 bits per heavy atom. The third-order valence-corrected chi connectivity index (χ3v) is 4.74. The van der Waals surface area contributed by atoms with Gasteiger partial charge in [-0.15, -0.1) is 24.0 Å². The highest BCUT2D eigenvalue weighted by atomic mass is 127. The predicted molar refractivity (Wildman–Crippen MR) is 123 cm³/mol. The summed E-state index contributed by atoms with van der Waals surface area (Å²) in [5, 5.41) is 6.80. The summed E-state index contributed by atoms with van der Waals surface area (Å²) >= 11 is 0. The largest absolute Gasteiger partial charge is 0.380 e. The highest BCUT2D eigenvalue weighted by Gasteiger charge is 2.23. The number of benzene rings is 2. The highest BCUT2D eigenvalue weighted by Crippen LogP contribution is 2.19. The van der Waals surface area contributed by atoms with Crippen molar-refractivity contribution in [2.75, 3.05) is 32.1 Å². The molecule has 3 rings (SSSR count). The summed E-state index contributed by atoms with van der Waals surface area (Å²) in [6.07, 6.45) is 1.06. The van der Waals surface area contributed by atoms with Crippen LogP contribution in [0.4, 0.5) is 10.1 Å². The maximum absolute atomic E-state index is 13.7. The number of anilines is 1. The van der Waals surface area contributed by atoms with Crippen molar-refractivity contribution in [2.24, 2.45) is 4.99 Å². The Bertz CT molecular complexity index is 772. The van der Waals surface area contributed by atoms with E-state index in [1.165, 1.54) is 11.8 Å². The van der Waals surface area contributed by atoms with E-state index in [0.29, 0.717) is 18.2 Å². The number of para-hydroxylation sites is 1. The number of halogens is 2. The van der Waals surface area contributed by atoms with Crippen molar-refractivity contribution in [3.63, 3.8) is 0 Å². The first kappa shape index (κ1) is 22.4. The topological polar surface area (TPSA) is 48.9 Å². The van der Waals surface area contributed by atoms with Crippen LogP contribution in [-0.4, -0.2) is 39.2 Å². The first-order valence-corrected chi connectivity index (χ1v) is 9.23. The molecule has 1 aliphatic rings. The molecule has 1 heterocycles. The second-order valence-corrected chi connectivity index (χ2v) is 6.70. The van der Waals surface area contributed by atoms with E-state index in [0.717, 1.165) is 31.0 Å². The Balaban J connectivity index is 0.00000280. The smallest absolute Gasteiger partial charge is 0.191 e. The van der Waals surface area contributed by atoms with Gasteiger partial charge in [0, 0.05) is 51.1 Å². The monoisotopic (exact) mass is 498 g/mol. The summed E-state index contributed by atoms with van der Waals surface area (Å²) in [4.78, 5) is 6.69. The molecule has 0 radical (unpaired) electrons.